The molecule has 1 unspecified atom stereocenters. The topological polar surface area (TPSA) is 55.7 Å². The first-order valence-corrected chi connectivity index (χ1v) is 3.19. The van der Waals surface area contributed by atoms with Gasteiger partial charge in [0.2, 0.25) is 5.91 Å². The Kier molecular flexibility index (Phi) is 4.10. The highest BCUT2D eigenvalue weighted by molar-refractivity contribution is 5.85. The molecule has 0 aliphatic rings. The molecule has 0 heterocycles. The predicted octanol–water partition coefficient (Wildman–Crippen LogP) is 0.413. The summed E-state index contributed by atoms with van der Waals surface area (Å²) in [6, 6.07) is 0. The van der Waals surface area contributed by atoms with Crippen molar-refractivity contribution in [2.24, 2.45) is 10.9 Å². The first kappa shape index (κ1) is 9.81. The molecule has 0 spiro atoms. The van der Waals surface area contributed by atoms with E-state index in [1.807, 2.05) is 0 Å². The van der Waals surface area contributed by atoms with E-state index >= 15 is 0 Å². The van der Waals surface area contributed by atoms with Crippen molar-refractivity contribution in [1.82, 2.24) is 0 Å². The van der Waals surface area contributed by atoms with Crippen LogP contribution in [0.2, 0.25) is 0 Å². The summed E-state index contributed by atoms with van der Waals surface area (Å²) in [5.41, 5.74) is 0. The van der Waals surface area contributed by atoms with Gasteiger partial charge in [-0.05, 0) is 6.72 Å². The number of rotatable bonds is 3. The van der Waals surface area contributed by atoms with Crippen LogP contribution in [0.15, 0.2) is 4.99 Å². The zero-order chi connectivity index (χ0) is 8.85. The minimum Gasteiger partial charge on any atom is -0.469 e. The van der Waals surface area contributed by atoms with Gasteiger partial charge in [0.1, 0.15) is 0 Å². The van der Waals surface area contributed by atoms with Gasteiger partial charge >= 0.3 is 5.97 Å². The minimum absolute atomic E-state index is 0.0656. The highest BCUT2D eigenvalue weighted by atomic mass is 16.5. The van der Waals surface area contributed by atoms with Crippen LogP contribution in [0.5, 0.6) is 0 Å². The van der Waals surface area contributed by atoms with Gasteiger partial charge in [-0.15, -0.1) is 0 Å². The first-order chi connectivity index (χ1) is 5.11. The predicted molar refractivity (Wildman–Crippen MR) is 40.4 cm³/mol. The molecule has 1 amide bonds. The summed E-state index contributed by atoms with van der Waals surface area (Å²) in [4.78, 5) is 24.5. The molecular weight excluding hydrogens is 146 g/mol. The van der Waals surface area contributed by atoms with Crippen LogP contribution in [-0.4, -0.2) is 25.7 Å². The molecule has 4 heteroatoms. The number of amides is 1. The van der Waals surface area contributed by atoms with Gasteiger partial charge in [0.05, 0.1) is 13.0 Å². The van der Waals surface area contributed by atoms with E-state index in [9.17, 15) is 9.59 Å². The molecule has 0 aliphatic heterocycles. The van der Waals surface area contributed by atoms with Crippen molar-refractivity contribution in [3.8, 4) is 0 Å². The fourth-order valence-electron chi connectivity index (χ4n) is 0.611. The number of esters is 1. The first-order valence-electron chi connectivity index (χ1n) is 3.19. The third-order valence-electron chi connectivity index (χ3n) is 1.26. The standard InChI is InChI=1S/C7H11NO3/c1-5(7(10)11-3)4-6(9)8-2/h5H,2,4H2,1,3H3. The van der Waals surface area contributed by atoms with Crippen LogP contribution in [0.3, 0.4) is 0 Å². The Balaban J connectivity index is 3.86. The zero-order valence-electron chi connectivity index (χ0n) is 6.66. The second-order valence-electron chi connectivity index (χ2n) is 2.18. The van der Waals surface area contributed by atoms with Crippen LogP contribution in [0.25, 0.3) is 0 Å². The van der Waals surface area contributed by atoms with Crippen LogP contribution in [-0.2, 0) is 14.3 Å². The lowest BCUT2D eigenvalue weighted by molar-refractivity contribution is -0.146. The summed E-state index contributed by atoms with van der Waals surface area (Å²) in [5, 5.41) is 0. The molecule has 0 radical (unpaired) electrons. The van der Waals surface area contributed by atoms with Crippen molar-refractivity contribution in [2.75, 3.05) is 7.11 Å². The summed E-state index contributed by atoms with van der Waals surface area (Å²) in [6.45, 7) is 4.65. The lowest BCUT2D eigenvalue weighted by atomic mass is 10.1. The maximum absolute atomic E-state index is 10.7. The number of aliphatic imine (C=N–C) groups is 1. The average molecular weight is 157 g/mol. The van der Waals surface area contributed by atoms with E-state index in [4.69, 9.17) is 0 Å². The molecular formula is C7H11NO3. The Morgan fingerprint density at radius 1 is 1.64 bits per heavy atom. The zero-order valence-corrected chi connectivity index (χ0v) is 6.66. The van der Waals surface area contributed by atoms with Crippen molar-refractivity contribution < 1.29 is 14.3 Å². The Labute approximate surface area is 65.3 Å². The van der Waals surface area contributed by atoms with Gasteiger partial charge in [0.25, 0.3) is 0 Å². The number of carbonyl (C=O) groups excluding carboxylic acids is 2. The molecule has 0 N–H and O–H groups in total. The summed E-state index contributed by atoms with van der Waals surface area (Å²) in [5.74, 6) is -1.22. The molecule has 0 aliphatic carbocycles. The smallest absolute Gasteiger partial charge is 0.308 e. The molecule has 11 heavy (non-hydrogen) atoms. The van der Waals surface area contributed by atoms with Crippen LogP contribution in [0.4, 0.5) is 0 Å². The molecule has 0 rings (SSSR count). The molecule has 0 saturated carbocycles. The molecule has 0 bridgehead atoms. The molecule has 0 aromatic carbocycles. The second-order valence-corrected chi connectivity index (χ2v) is 2.18. The monoisotopic (exact) mass is 157 g/mol. The van der Waals surface area contributed by atoms with Crippen molar-refractivity contribution >= 4 is 18.6 Å². The summed E-state index contributed by atoms with van der Waals surface area (Å²) in [7, 11) is 1.28. The summed E-state index contributed by atoms with van der Waals surface area (Å²) in [6.07, 6.45) is 0.0656. The molecule has 4 nitrogen and oxygen atoms in total. The highest BCUT2D eigenvalue weighted by Crippen LogP contribution is 2.04. The van der Waals surface area contributed by atoms with Crippen LogP contribution >= 0.6 is 0 Å². The van der Waals surface area contributed by atoms with Crippen LogP contribution in [0.1, 0.15) is 13.3 Å². The van der Waals surface area contributed by atoms with Gasteiger partial charge in [0.15, 0.2) is 0 Å². The summed E-state index contributed by atoms with van der Waals surface area (Å²) < 4.78 is 4.40. The SMILES string of the molecule is C=NC(=O)CC(C)C(=O)OC. The Morgan fingerprint density at radius 2 is 2.18 bits per heavy atom. The van der Waals surface area contributed by atoms with E-state index in [1.165, 1.54) is 7.11 Å². The molecule has 1 atom stereocenters. The number of ether oxygens (including phenoxy) is 1. The fraction of sp³-hybridized carbons (Fsp3) is 0.571. The lowest BCUT2D eigenvalue weighted by Crippen LogP contribution is -2.15. The van der Waals surface area contributed by atoms with E-state index in [0.29, 0.717) is 0 Å². The van der Waals surface area contributed by atoms with Gasteiger partial charge in [-0.3, -0.25) is 9.59 Å². The fourth-order valence-corrected chi connectivity index (χ4v) is 0.611. The molecule has 0 saturated heterocycles. The number of methoxy groups -OCH3 is 1. The van der Waals surface area contributed by atoms with Crippen molar-refractivity contribution in [2.45, 2.75) is 13.3 Å². The van der Waals surface area contributed by atoms with Crippen LogP contribution < -0.4 is 0 Å². The van der Waals surface area contributed by atoms with E-state index < -0.39 is 11.9 Å². The molecule has 62 valence electrons. The highest BCUT2D eigenvalue weighted by Gasteiger charge is 2.15. The van der Waals surface area contributed by atoms with Gasteiger partial charge in [-0.1, -0.05) is 6.92 Å². The number of carbonyl (C=O) groups is 2. The average Bonchev–Trinajstić information content (AvgIpc) is 2.02. The van der Waals surface area contributed by atoms with Gasteiger partial charge < -0.3 is 4.74 Å². The molecule has 0 aromatic rings. The minimum atomic E-state index is -0.432. The number of hydrogen-bond acceptors (Lipinski definition) is 3. The second kappa shape index (κ2) is 4.60. The van der Waals surface area contributed by atoms with Crippen LogP contribution in [0, 0.1) is 5.92 Å². The van der Waals surface area contributed by atoms with Crippen molar-refractivity contribution in [1.29, 1.82) is 0 Å². The Hall–Kier alpha value is -1.19. The third kappa shape index (κ3) is 3.50. The largest absolute Gasteiger partial charge is 0.469 e. The summed E-state index contributed by atoms with van der Waals surface area (Å²) >= 11 is 0. The number of nitrogens with zero attached hydrogens (tertiary/aromatic N) is 1. The molecule has 0 fully saturated rings. The quantitative estimate of drug-likeness (QED) is 0.440. The van der Waals surface area contributed by atoms with E-state index in [1.54, 1.807) is 6.92 Å². The van der Waals surface area contributed by atoms with Crippen molar-refractivity contribution in [3.63, 3.8) is 0 Å². The van der Waals surface area contributed by atoms with E-state index in [-0.39, 0.29) is 12.3 Å². The third-order valence-corrected chi connectivity index (χ3v) is 1.26. The maximum atomic E-state index is 10.7. The number of hydrogen-bond donors (Lipinski definition) is 0. The van der Waals surface area contributed by atoms with E-state index in [2.05, 4.69) is 16.4 Å². The normalized spacial score (nSPS) is 11.8. The Bertz CT molecular complexity index is 177. The van der Waals surface area contributed by atoms with Gasteiger partial charge in [-0.25, -0.2) is 4.99 Å². The van der Waals surface area contributed by atoms with Crippen molar-refractivity contribution in [3.05, 3.63) is 0 Å². The Morgan fingerprint density at radius 3 is 2.55 bits per heavy atom. The van der Waals surface area contributed by atoms with E-state index in [0.717, 1.165) is 0 Å². The van der Waals surface area contributed by atoms with Gasteiger partial charge in [0, 0.05) is 6.42 Å². The lowest BCUT2D eigenvalue weighted by Gasteiger charge is -2.04. The van der Waals surface area contributed by atoms with Gasteiger partial charge in [-0.2, -0.15) is 0 Å². The maximum Gasteiger partial charge on any atom is 0.308 e. The molecule has 0 aromatic heterocycles.